The van der Waals surface area contributed by atoms with E-state index in [0.29, 0.717) is 38.8 Å². The highest BCUT2D eigenvalue weighted by Crippen LogP contribution is 2.22. The van der Waals surface area contributed by atoms with Crippen LogP contribution < -0.4 is 0 Å². The molecule has 1 saturated heterocycles. The number of rotatable bonds is 5. The Kier molecular flexibility index (Phi) is 5.67. The Balaban J connectivity index is 1.76. The first-order chi connectivity index (χ1) is 10.8. The first-order valence-corrected chi connectivity index (χ1v) is 7.78. The van der Waals surface area contributed by atoms with Gasteiger partial charge in [0.15, 0.2) is 0 Å². The largest absolute Gasteiger partial charge is 0.401 e. The van der Waals surface area contributed by atoms with Gasteiger partial charge in [-0.2, -0.15) is 18.3 Å². The number of hydrogen-bond acceptors (Lipinski definition) is 3. The second kappa shape index (κ2) is 7.33. The number of alkyl halides is 3. The van der Waals surface area contributed by atoms with E-state index in [1.807, 2.05) is 13.1 Å². The highest BCUT2D eigenvalue weighted by atomic mass is 19.4. The van der Waals surface area contributed by atoms with Crippen LogP contribution in [-0.2, 0) is 18.3 Å². The van der Waals surface area contributed by atoms with Crippen molar-refractivity contribution in [3.63, 3.8) is 0 Å². The van der Waals surface area contributed by atoms with Crippen LogP contribution in [0.25, 0.3) is 0 Å². The molecular formula is C15H23F3N4O. The van der Waals surface area contributed by atoms with Gasteiger partial charge in [-0.25, -0.2) is 0 Å². The molecular weight excluding hydrogens is 309 g/mol. The maximum atomic E-state index is 12.4. The summed E-state index contributed by atoms with van der Waals surface area (Å²) in [7, 11) is 3.58. The van der Waals surface area contributed by atoms with Gasteiger partial charge in [0.05, 0.1) is 6.54 Å². The molecule has 5 nitrogen and oxygen atoms in total. The van der Waals surface area contributed by atoms with Crippen LogP contribution in [0, 0.1) is 0 Å². The molecule has 0 spiro atoms. The fourth-order valence-corrected chi connectivity index (χ4v) is 2.98. The molecule has 1 aliphatic heterocycles. The molecule has 1 aliphatic rings. The molecule has 0 aromatic carbocycles. The second-order valence-corrected chi connectivity index (χ2v) is 6.07. The van der Waals surface area contributed by atoms with E-state index in [2.05, 4.69) is 5.10 Å². The van der Waals surface area contributed by atoms with Crippen LogP contribution in [0.3, 0.4) is 0 Å². The summed E-state index contributed by atoms with van der Waals surface area (Å²) < 4.78 is 38.9. The third-order valence-electron chi connectivity index (χ3n) is 4.42. The molecule has 0 unspecified atom stereocenters. The summed E-state index contributed by atoms with van der Waals surface area (Å²) in [5.74, 6) is 0.0282. The number of carbonyl (C=O) groups is 1. The van der Waals surface area contributed by atoms with Gasteiger partial charge >= 0.3 is 6.18 Å². The lowest BCUT2D eigenvalue weighted by Crippen LogP contribution is -2.47. The van der Waals surface area contributed by atoms with E-state index in [-0.39, 0.29) is 11.9 Å². The fraction of sp³-hybridized carbons (Fsp3) is 0.733. The van der Waals surface area contributed by atoms with Crippen LogP contribution in [0.5, 0.6) is 0 Å². The predicted molar refractivity (Wildman–Crippen MR) is 79.8 cm³/mol. The van der Waals surface area contributed by atoms with Crippen molar-refractivity contribution in [1.29, 1.82) is 0 Å². The molecule has 8 heteroatoms. The monoisotopic (exact) mass is 332 g/mol. The summed E-state index contributed by atoms with van der Waals surface area (Å²) in [5.41, 5.74) is 0.992. The van der Waals surface area contributed by atoms with Crippen LogP contribution in [0.4, 0.5) is 13.2 Å². The van der Waals surface area contributed by atoms with E-state index < -0.39 is 12.7 Å². The van der Waals surface area contributed by atoms with Gasteiger partial charge < -0.3 is 4.90 Å². The molecule has 0 aliphatic carbocycles. The van der Waals surface area contributed by atoms with Crippen LogP contribution in [-0.4, -0.2) is 64.4 Å². The van der Waals surface area contributed by atoms with Gasteiger partial charge in [0.2, 0.25) is 5.91 Å². The molecule has 2 heterocycles. The van der Waals surface area contributed by atoms with Crippen molar-refractivity contribution in [3.05, 3.63) is 18.0 Å². The molecule has 0 radical (unpaired) electrons. The van der Waals surface area contributed by atoms with E-state index in [4.69, 9.17) is 0 Å². The molecule has 1 aromatic heterocycles. The van der Waals surface area contributed by atoms with E-state index in [1.165, 1.54) is 4.90 Å². The van der Waals surface area contributed by atoms with Gasteiger partial charge in [-0.1, -0.05) is 0 Å². The van der Waals surface area contributed by atoms with E-state index in [9.17, 15) is 18.0 Å². The van der Waals surface area contributed by atoms with E-state index in [1.54, 1.807) is 22.8 Å². The summed E-state index contributed by atoms with van der Waals surface area (Å²) >= 11 is 0. The topological polar surface area (TPSA) is 41.4 Å². The Morgan fingerprint density at radius 2 is 2.04 bits per heavy atom. The zero-order valence-electron chi connectivity index (χ0n) is 13.5. The number of hydrogen-bond donors (Lipinski definition) is 0. The van der Waals surface area contributed by atoms with Crippen molar-refractivity contribution in [3.8, 4) is 0 Å². The summed E-state index contributed by atoms with van der Waals surface area (Å²) in [6, 6.07) is 1.90. The lowest BCUT2D eigenvalue weighted by molar-refractivity contribution is -0.150. The predicted octanol–water partition coefficient (Wildman–Crippen LogP) is 1.84. The summed E-state index contributed by atoms with van der Waals surface area (Å²) in [5, 5.41) is 4.06. The molecule has 1 fully saturated rings. The number of piperidine rings is 1. The van der Waals surface area contributed by atoms with Crippen LogP contribution >= 0.6 is 0 Å². The quantitative estimate of drug-likeness (QED) is 0.826. The highest BCUT2D eigenvalue weighted by Gasteiger charge is 2.33. The fourth-order valence-electron chi connectivity index (χ4n) is 2.98. The maximum absolute atomic E-state index is 12.4. The van der Waals surface area contributed by atoms with Crippen molar-refractivity contribution in [2.75, 3.05) is 26.7 Å². The number of halogens is 3. The lowest BCUT2D eigenvalue weighted by atomic mass is 10.0. The van der Waals surface area contributed by atoms with E-state index >= 15 is 0 Å². The number of carbonyl (C=O) groups excluding carboxylic acids is 1. The first-order valence-electron chi connectivity index (χ1n) is 7.78. The Morgan fingerprint density at radius 3 is 2.57 bits per heavy atom. The molecule has 0 atom stereocenters. The summed E-state index contributed by atoms with van der Waals surface area (Å²) in [6.45, 7) is -0.106. The van der Waals surface area contributed by atoms with Crippen molar-refractivity contribution in [2.45, 2.75) is 37.9 Å². The Labute approximate surface area is 134 Å². The SMILES string of the molecule is CN(C(=O)CCc1ccnn1C)C1CCN(CC(F)(F)F)CC1. The Morgan fingerprint density at radius 1 is 1.39 bits per heavy atom. The molecule has 1 amide bonds. The average molecular weight is 332 g/mol. The van der Waals surface area contributed by atoms with Crippen molar-refractivity contribution in [1.82, 2.24) is 19.6 Å². The Hall–Kier alpha value is -1.57. The van der Waals surface area contributed by atoms with Gasteiger partial charge in [0.25, 0.3) is 0 Å². The van der Waals surface area contributed by atoms with Crippen molar-refractivity contribution >= 4 is 5.91 Å². The van der Waals surface area contributed by atoms with Gasteiger partial charge in [0.1, 0.15) is 0 Å². The summed E-state index contributed by atoms with van der Waals surface area (Å²) in [6.07, 6.45) is -0.281. The van der Waals surface area contributed by atoms with Crippen LogP contribution in [0.2, 0.25) is 0 Å². The first kappa shape index (κ1) is 17.8. The average Bonchev–Trinajstić information content (AvgIpc) is 2.88. The second-order valence-electron chi connectivity index (χ2n) is 6.07. The minimum Gasteiger partial charge on any atom is -0.343 e. The van der Waals surface area contributed by atoms with Gasteiger partial charge in [0, 0.05) is 51.5 Å². The summed E-state index contributed by atoms with van der Waals surface area (Å²) in [4.78, 5) is 15.4. The van der Waals surface area contributed by atoms with Gasteiger partial charge in [-0.15, -0.1) is 0 Å². The zero-order valence-corrected chi connectivity index (χ0v) is 13.5. The molecule has 0 saturated carbocycles. The lowest BCUT2D eigenvalue weighted by Gasteiger charge is -2.37. The molecule has 130 valence electrons. The third kappa shape index (κ3) is 5.23. The maximum Gasteiger partial charge on any atom is 0.401 e. The molecule has 0 N–H and O–H groups in total. The normalized spacial score (nSPS) is 17.4. The van der Waals surface area contributed by atoms with Crippen LogP contribution in [0.1, 0.15) is 25.0 Å². The number of nitrogens with zero attached hydrogens (tertiary/aromatic N) is 4. The molecule has 23 heavy (non-hydrogen) atoms. The van der Waals surface area contributed by atoms with Gasteiger partial charge in [-0.05, 0) is 25.3 Å². The molecule has 0 bridgehead atoms. The number of likely N-dealkylation sites (tertiary alicyclic amines) is 1. The smallest absolute Gasteiger partial charge is 0.343 e. The minimum atomic E-state index is -4.16. The number of amides is 1. The molecule has 1 aromatic rings. The molecule has 2 rings (SSSR count). The minimum absolute atomic E-state index is 0.0264. The number of aryl methyl sites for hydroxylation is 2. The number of aromatic nitrogens is 2. The van der Waals surface area contributed by atoms with Crippen LogP contribution in [0.15, 0.2) is 12.3 Å². The third-order valence-corrected chi connectivity index (χ3v) is 4.42. The zero-order chi connectivity index (χ0) is 17.0. The standard InChI is InChI=1S/C15H23F3N4O/c1-20(14(23)4-3-13-5-8-19-21(13)2)12-6-9-22(10-7-12)11-15(16,17)18/h5,8,12H,3-4,6-7,9-11H2,1-2H3. The van der Waals surface area contributed by atoms with Crippen molar-refractivity contribution in [2.24, 2.45) is 7.05 Å². The van der Waals surface area contributed by atoms with E-state index in [0.717, 1.165) is 5.69 Å². The Bertz CT molecular complexity index is 521. The van der Waals surface area contributed by atoms with Crippen molar-refractivity contribution < 1.29 is 18.0 Å². The van der Waals surface area contributed by atoms with Gasteiger partial charge in [-0.3, -0.25) is 14.4 Å². The highest BCUT2D eigenvalue weighted by molar-refractivity contribution is 5.76.